The minimum atomic E-state index is -1.32. The number of hydrogen-bond donors (Lipinski definition) is 7. The first-order valence-corrected chi connectivity index (χ1v) is 16.1. The fourth-order valence-corrected chi connectivity index (χ4v) is 5.11. The van der Waals surface area contributed by atoms with Crippen LogP contribution in [0.3, 0.4) is 0 Å². The Morgan fingerprint density at radius 3 is 2.26 bits per heavy atom. The third-order valence-corrected chi connectivity index (χ3v) is 7.91. The molecule has 0 fully saturated rings. The third kappa shape index (κ3) is 10.3. The summed E-state index contributed by atoms with van der Waals surface area (Å²) in [5, 5.41) is 11.1. The maximum Gasteiger partial charge on any atom is 0.377 e. The van der Waals surface area contributed by atoms with Gasteiger partial charge < -0.3 is 41.7 Å². The smallest absolute Gasteiger partial charge is 0.377 e. The van der Waals surface area contributed by atoms with Gasteiger partial charge in [0.1, 0.15) is 24.7 Å². The van der Waals surface area contributed by atoms with Crippen molar-refractivity contribution >= 4 is 46.3 Å². The van der Waals surface area contributed by atoms with Crippen LogP contribution in [0.1, 0.15) is 37.6 Å². The molecule has 0 spiro atoms. The molecule has 0 unspecified atom stereocenters. The molecule has 50 heavy (non-hydrogen) atoms. The lowest BCUT2D eigenvalue weighted by atomic mass is 10.0. The number of nitrogens with zero attached hydrogens (tertiary/aromatic N) is 1. The zero-order chi connectivity index (χ0) is 36.2. The van der Waals surface area contributed by atoms with Gasteiger partial charge in [-0.3, -0.25) is 24.0 Å². The van der Waals surface area contributed by atoms with Crippen molar-refractivity contribution in [3.05, 3.63) is 90.1 Å². The van der Waals surface area contributed by atoms with Crippen molar-refractivity contribution in [2.45, 2.75) is 64.4 Å². The Balaban J connectivity index is 1.28. The summed E-state index contributed by atoms with van der Waals surface area (Å²) in [4.78, 5) is 87.3. The molecular formula is C35H42N8O7. The average Bonchev–Trinajstić information content (AvgIpc) is 3.78. The van der Waals surface area contributed by atoms with Crippen LogP contribution in [0.15, 0.2) is 73.3 Å². The van der Waals surface area contributed by atoms with Crippen molar-refractivity contribution in [3.8, 4) is 0 Å². The quantitative estimate of drug-likeness (QED) is 0.0607. The number of amides is 4. The minimum absolute atomic E-state index is 0.109. The Morgan fingerprint density at radius 1 is 0.840 bits per heavy atom. The van der Waals surface area contributed by atoms with Gasteiger partial charge in [-0.15, -0.1) is 0 Å². The molecule has 4 aromatic rings. The minimum Gasteiger partial charge on any atom is -0.455 e. The van der Waals surface area contributed by atoms with Crippen LogP contribution in [0.5, 0.6) is 0 Å². The molecule has 8 N–H and O–H groups in total. The third-order valence-electron chi connectivity index (χ3n) is 7.91. The SMILES string of the molecule is CC(C)[C@H](NC(=O)[C@H](C)NC(=O)[C@@H](N)Cc1c[nH]c2ccccc12)C(=O)NCC(=O)N[C@@H](Cc1c[nH]cn1)C(=O)C(=O)OCc1ccccc1. The molecule has 0 aliphatic heterocycles. The summed E-state index contributed by atoms with van der Waals surface area (Å²) in [6.07, 6.45) is 4.83. The number of hydrogen-bond acceptors (Lipinski definition) is 9. The van der Waals surface area contributed by atoms with E-state index in [9.17, 15) is 28.8 Å². The molecule has 2 aromatic heterocycles. The van der Waals surface area contributed by atoms with Crippen molar-refractivity contribution in [1.82, 2.24) is 36.2 Å². The molecule has 0 aliphatic carbocycles. The number of nitrogens with two attached hydrogens (primary N) is 1. The van der Waals surface area contributed by atoms with E-state index in [1.165, 1.54) is 19.4 Å². The van der Waals surface area contributed by atoms with E-state index in [4.69, 9.17) is 10.5 Å². The second-order valence-electron chi connectivity index (χ2n) is 12.2. The van der Waals surface area contributed by atoms with Crippen LogP contribution in [0.25, 0.3) is 10.9 Å². The van der Waals surface area contributed by atoms with Crippen LogP contribution in [0.2, 0.25) is 0 Å². The largest absolute Gasteiger partial charge is 0.455 e. The molecule has 2 heterocycles. The summed E-state index contributed by atoms with van der Waals surface area (Å²) in [6, 6.07) is 12.1. The molecule has 0 bridgehead atoms. The molecule has 0 aliphatic rings. The second kappa shape index (κ2) is 17.5. The topological polar surface area (TPSA) is 230 Å². The predicted octanol–water partition coefficient (Wildman–Crippen LogP) is 0.563. The van der Waals surface area contributed by atoms with Crippen molar-refractivity contribution in [3.63, 3.8) is 0 Å². The first-order valence-electron chi connectivity index (χ1n) is 16.1. The van der Waals surface area contributed by atoms with Gasteiger partial charge in [-0.05, 0) is 36.5 Å². The summed E-state index contributed by atoms with van der Waals surface area (Å²) in [6.45, 7) is 4.17. The number of ether oxygens (including phenoxy) is 1. The summed E-state index contributed by atoms with van der Waals surface area (Å²) in [7, 11) is 0. The van der Waals surface area contributed by atoms with Gasteiger partial charge in [0.15, 0.2) is 0 Å². The number of carbonyl (C=O) groups excluding carboxylic acids is 6. The maximum absolute atomic E-state index is 13.1. The van der Waals surface area contributed by atoms with E-state index in [2.05, 4.69) is 36.2 Å². The number of benzene rings is 2. The highest BCUT2D eigenvalue weighted by Gasteiger charge is 2.31. The molecule has 4 amide bonds. The van der Waals surface area contributed by atoms with Crippen LogP contribution < -0.4 is 27.0 Å². The van der Waals surface area contributed by atoms with Crippen molar-refractivity contribution in [1.29, 1.82) is 0 Å². The van der Waals surface area contributed by atoms with Gasteiger partial charge in [0, 0.05) is 29.7 Å². The van der Waals surface area contributed by atoms with E-state index >= 15 is 0 Å². The summed E-state index contributed by atoms with van der Waals surface area (Å²) in [5.74, 6) is -5.13. The van der Waals surface area contributed by atoms with E-state index in [1.807, 2.05) is 24.3 Å². The number of aromatic nitrogens is 3. The van der Waals surface area contributed by atoms with Crippen LogP contribution in [-0.2, 0) is 53.0 Å². The van der Waals surface area contributed by atoms with E-state index < -0.39 is 72.0 Å². The molecule has 15 heteroatoms. The Kier molecular flexibility index (Phi) is 13.0. The first kappa shape index (κ1) is 37.0. The normalized spacial score (nSPS) is 13.5. The van der Waals surface area contributed by atoms with E-state index in [0.717, 1.165) is 16.5 Å². The van der Waals surface area contributed by atoms with Crippen LogP contribution in [0, 0.1) is 5.92 Å². The van der Waals surface area contributed by atoms with Crippen molar-refractivity contribution < 1.29 is 33.5 Å². The van der Waals surface area contributed by atoms with E-state index in [-0.39, 0.29) is 19.4 Å². The van der Waals surface area contributed by atoms with Crippen molar-refractivity contribution in [2.75, 3.05) is 6.54 Å². The number of nitrogens with one attached hydrogen (secondary N) is 6. The lowest BCUT2D eigenvalue weighted by molar-refractivity contribution is -0.156. The fraction of sp³-hybridized carbons (Fsp3) is 0.343. The number of imidazole rings is 1. The zero-order valence-corrected chi connectivity index (χ0v) is 28.0. The number of para-hydroxylation sites is 1. The van der Waals surface area contributed by atoms with E-state index in [0.29, 0.717) is 11.3 Å². The van der Waals surface area contributed by atoms with Gasteiger partial charge >= 0.3 is 5.97 Å². The molecule has 0 radical (unpaired) electrons. The number of H-pyrrole nitrogens is 2. The number of esters is 1. The van der Waals surface area contributed by atoms with Gasteiger partial charge in [-0.2, -0.15) is 0 Å². The van der Waals surface area contributed by atoms with Crippen LogP contribution in [-0.4, -0.2) is 81.0 Å². The molecule has 2 aromatic carbocycles. The Morgan fingerprint density at radius 2 is 1.56 bits per heavy atom. The predicted molar refractivity (Wildman–Crippen MR) is 183 cm³/mol. The van der Waals surface area contributed by atoms with Gasteiger partial charge in [0.25, 0.3) is 5.78 Å². The summed E-state index contributed by atoms with van der Waals surface area (Å²) >= 11 is 0. The first-order chi connectivity index (χ1) is 23.9. The highest BCUT2D eigenvalue weighted by molar-refractivity contribution is 6.36. The van der Waals surface area contributed by atoms with E-state index in [1.54, 1.807) is 50.4 Å². The monoisotopic (exact) mass is 686 g/mol. The highest BCUT2D eigenvalue weighted by Crippen LogP contribution is 2.19. The molecule has 264 valence electrons. The summed E-state index contributed by atoms with van der Waals surface area (Å²) < 4.78 is 5.15. The lowest BCUT2D eigenvalue weighted by Gasteiger charge is -2.24. The standard InChI is InChI=1S/C35H42N8O7/c1-20(2)30(43-32(46)21(3)41-33(47)26(36)13-23-15-38-27-12-8-7-11-25(23)27)34(48)39-17-29(44)42-28(14-24-16-37-19-40-24)31(45)35(49)50-18-22-9-5-4-6-10-22/h4-12,15-16,19-21,26,28,30,38H,13-14,17-18,36H2,1-3H3,(H,37,40)(H,39,48)(H,41,47)(H,42,44)(H,43,46)/t21-,26-,28-,30-/m0/s1. The van der Waals surface area contributed by atoms with Gasteiger partial charge in [0.2, 0.25) is 23.6 Å². The molecule has 4 rings (SSSR count). The number of fused-ring (bicyclic) bond motifs is 1. The van der Waals surface area contributed by atoms with Gasteiger partial charge in [-0.25, -0.2) is 9.78 Å². The Hall–Kier alpha value is -5.83. The fourth-order valence-electron chi connectivity index (χ4n) is 5.11. The molecule has 0 saturated heterocycles. The molecule has 4 atom stereocenters. The molecule has 0 saturated carbocycles. The lowest BCUT2D eigenvalue weighted by Crippen LogP contribution is -2.57. The number of Topliss-reactive ketones (excluding diaryl/α,β-unsaturated/α-hetero) is 1. The van der Waals surface area contributed by atoms with Crippen LogP contribution >= 0.6 is 0 Å². The van der Waals surface area contributed by atoms with Crippen molar-refractivity contribution in [2.24, 2.45) is 11.7 Å². The number of carbonyl (C=O) groups is 6. The highest BCUT2D eigenvalue weighted by atomic mass is 16.5. The second-order valence-corrected chi connectivity index (χ2v) is 12.2. The average molecular weight is 687 g/mol. The number of rotatable bonds is 17. The molecule has 15 nitrogen and oxygen atoms in total. The Bertz CT molecular complexity index is 1790. The summed E-state index contributed by atoms with van der Waals surface area (Å²) in [5.41, 5.74) is 9.01. The maximum atomic E-state index is 13.1. The van der Waals surface area contributed by atoms with Gasteiger partial charge in [-0.1, -0.05) is 62.4 Å². The Labute approximate surface area is 288 Å². The van der Waals surface area contributed by atoms with Gasteiger partial charge in [0.05, 0.1) is 24.6 Å². The number of ketones is 1. The number of aromatic amines is 2. The van der Waals surface area contributed by atoms with Crippen LogP contribution in [0.4, 0.5) is 0 Å². The zero-order valence-electron chi connectivity index (χ0n) is 28.0. The molecular weight excluding hydrogens is 644 g/mol.